The molecule has 2 fully saturated rings. The molecule has 3 rings (SSSR count). The zero-order chi connectivity index (χ0) is 17.0. The van der Waals surface area contributed by atoms with Gasteiger partial charge in [0.2, 0.25) is 0 Å². The molecule has 5 nitrogen and oxygen atoms in total. The van der Waals surface area contributed by atoms with Gasteiger partial charge in [-0.15, -0.1) is 13.2 Å². The molecule has 24 heavy (non-hydrogen) atoms. The molecule has 3 heterocycles. The molecule has 2 aliphatic rings. The maximum atomic E-state index is 12.2. The van der Waals surface area contributed by atoms with Crippen LogP contribution in [0.2, 0.25) is 0 Å². The number of ether oxygens (including phenoxy) is 2. The summed E-state index contributed by atoms with van der Waals surface area (Å²) in [4.78, 5) is 8.67. The summed E-state index contributed by atoms with van der Waals surface area (Å²) in [5, 5.41) is 0. The van der Waals surface area contributed by atoms with E-state index in [1.165, 1.54) is 6.07 Å². The normalized spacial score (nSPS) is 21.0. The van der Waals surface area contributed by atoms with Gasteiger partial charge in [0, 0.05) is 32.7 Å². The maximum absolute atomic E-state index is 12.2. The van der Waals surface area contributed by atoms with Crippen molar-refractivity contribution in [1.29, 1.82) is 0 Å². The maximum Gasteiger partial charge on any atom is 0.573 e. The summed E-state index contributed by atoms with van der Waals surface area (Å²) in [5.74, 6) is 1.08. The van der Waals surface area contributed by atoms with E-state index >= 15 is 0 Å². The Morgan fingerprint density at radius 3 is 2.42 bits per heavy atom. The van der Waals surface area contributed by atoms with E-state index in [2.05, 4.69) is 19.5 Å². The molecule has 0 spiro atoms. The lowest BCUT2D eigenvalue weighted by Gasteiger charge is -2.36. The number of nitrogens with zero attached hydrogens (tertiary/aromatic N) is 3. The molecule has 134 valence electrons. The van der Waals surface area contributed by atoms with Crippen molar-refractivity contribution in [3.63, 3.8) is 0 Å². The first-order valence-electron chi connectivity index (χ1n) is 8.26. The van der Waals surface area contributed by atoms with Crippen LogP contribution in [0.3, 0.4) is 0 Å². The van der Waals surface area contributed by atoms with Crippen LogP contribution in [0.1, 0.15) is 12.8 Å². The lowest BCUT2D eigenvalue weighted by molar-refractivity contribution is -0.274. The van der Waals surface area contributed by atoms with Crippen molar-refractivity contribution < 1.29 is 22.6 Å². The zero-order valence-electron chi connectivity index (χ0n) is 13.5. The second kappa shape index (κ2) is 7.57. The van der Waals surface area contributed by atoms with Crippen LogP contribution in [-0.4, -0.2) is 62.2 Å². The molecule has 2 aliphatic heterocycles. The summed E-state index contributed by atoms with van der Waals surface area (Å²) in [6, 6.07) is 2.90. The molecule has 0 bridgehead atoms. The highest BCUT2D eigenvalue weighted by Crippen LogP contribution is 2.26. The number of anilines is 1. The molecule has 8 heteroatoms. The van der Waals surface area contributed by atoms with Crippen molar-refractivity contribution in [1.82, 2.24) is 9.88 Å². The van der Waals surface area contributed by atoms with E-state index in [1.54, 1.807) is 6.07 Å². The van der Waals surface area contributed by atoms with E-state index in [-0.39, 0.29) is 5.75 Å². The molecule has 1 aromatic heterocycles. The number of piperidine rings is 1. The molecular weight excluding hydrogens is 323 g/mol. The monoisotopic (exact) mass is 345 g/mol. The Bertz CT molecular complexity index is 510. The third-order valence-corrected chi connectivity index (χ3v) is 4.51. The largest absolute Gasteiger partial charge is 0.573 e. The van der Waals surface area contributed by atoms with Crippen LogP contribution in [-0.2, 0) is 4.74 Å². The predicted molar refractivity (Wildman–Crippen MR) is 83.1 cm³/mol. The molecule has 0 unspecified atom stereocenters. The van der Waals surface area contributed by atoms with Crippen molar-refractivity contribution >= 4 is 5.82 Å². The van der Waals surface area contributed by atoms with Gasteiger partial charge in [-0.2, -0.15) is 0 Å². The first-order valence-corrected chi connectivity index (χ1v) is 8.26. The smallest absolute Gasteiger partial charge is 0.404 e. The van der Waals surface area contributed by atoms with Gasteiger partial charge in [-0.3, -0.25) is 4.90 Å². The molecular formula is C16H22F3N3O2. The van der Waals surface area contributed by atoms with Gasteiger partial charge in [0.25, 0.3) is 0 Å². The number of pyridine rings is 1. The molecule has 0 amide bonds. The number of alkyl halides is 3. The number of halogens is 3. The summed E-state index contributed by atoms with van der Waals surface area (Å²) in [6.07, 6.45) is -1.41. The highest BCUT2D eigenvalue weighted by atomic mass is 19.4. The lowest BCUT2D eigenvalue weighted by Crippen LogP contribution is -2.43. The third kappa shape index (κ3) is 4.98. The fourth-order valence-corrected chi connectivity index (χ4v) is 3.25. The van der Waals surface area contributed by atoms with Crippen LogP contribution in [0.15, 0.2) is 18.3 Å². The van der Waals surface area contributed by atoms with Crippen molar-refractivity contribution in [3.8, 4) is 5.75 Å². The summed E-state index contributed by atoms with van der Waals surface area (Å²) in [6.45, 7) is 6.49. The Balaban J connectivity index is 1.47. The Morgan fingerprint density at radius 2 is 1.83 bits per heavy atom. The van der Waals surface area contributed by atoms with Crippen LogP contribution in [0, 0.1) is 5.92 Å². The third-order valence-electron chi connectivity index (χ3n) is 4.51. The molecule has 0 aromatic carbocycles. The van der Waals surface area contributed by atoms with Gasteiger partial charge >= 0.3 is 6.36 Å². The van der Waals surface area contributed by atoms with Crippen LogP contribution in [0.25, 0.3) is 0 Å². The average Bonchev–Trinajstić information content (AvgIpc) is 2.56. The molecule has 0 saturated carbocycles. The predicted octanol–water partition coefficient (Wildman–Crippen LogP) is 2.53. The molecule has 2 saturated heterocycles. The SMILES string of the molecule is FC(F)(F)Oc1ccc(N2CCC(CN3CCOCC3)CC2)nc1. The van der Waals surface area contributed by atoms with Gasteiger partial charge in [0.15, 0.2) is 0 Å². The van der Waals surface area contributed by atoms with Crippen LogP contribution in [0.4, 0.5) is 19.0 Å². The second-order valence-corrected chi connectivity index (χ2v) is 6.24. The van der Waals surface area contributed by atoms with E-state index < -0.39 is 6.36 Å². The van der Waals surface area contributed by atoms with Gasteiger partial charge in [0.05, 0.1) is 19.4 Å². The van der Waals surface area contributed by atoms with Crippen molar-refractivity contribution in [3.05, 3.63) is 18.3 Å². The molecule has 0 N–H and O–H groups in total. The Hall–Kier alpha value is -1.54. The zero-order valence-corrected chi connectivity index (χ0v) is 13.5. The van der Waals surface area contributed by atoms with Gasteiger partial charge in [-0.25, -0.2) is 4.98 Å². The fraction of sp³-hybridized carbons (Fsp3) is 0.688. The minimum absolute atomic E-state index is 0.284. The number of hydrogen-bond acceptors (Lipinski definition) is 5. The second-order valence-electron chi connectivity index (χ2n) is 6.24. The number of aromatic nitrogens is 1. The minimum Gasteiger partial charge on any atom is -0.404 e. The van der Waals surface area contributed by atoms with Gasteiger partial charge in [-0.1, -0.05) is 0 Å². The fourth-order valence-electron chi connectivity index (χ4n) is 3.25. The lowest BCUT2D eigenvalue weighted by atomic mass is 9.96. The first-order chi connectivity index (χ1) is 11.5. The topological polar surface area (TPSA) is 37.8 Å². The van der Waals surface area contributed by atoms with Crippen LogP contribution >= 0.6 is 0 Å². The molecule has 0 atom stereocenters. The molecule has 0 aliphatic carbocycles. The number of rotatable bonds is 4. The van der Waals surface area contributed by atoms with E-state index in [0.29, 0.717) is 11.7 Å². The Morgan fingerprint density at radius 1 is 1.12 bits per heavy atom. The van der Waals surface area contributed by atoms with Crippen molar-refractivity contribution in [2.24, 2.45) is 5.92 Å². The van der Waals surface area contributed by atoms with Crippen molar-refractivity contribution in [2.75, 3.05) is 50.8 Å². The molecule has 0 radical (unpaired) electrons. The van der Waals surface area contributed by atoms with E-state index in [1.807, 2.05) is 0 Å². The van der Waals surface area contributed by atoms with Gasteiger partial charge in [0.1, 0.15) is 11.6 Å². The number of hydrogen-bond donors (Lipinski definition) is 0. The Labute approximate surface area is 139 Å². The highest BCUT2D eigenvalue weighted by Gasteiger charge is 2.31. The quantitative estimate of drug-likeness (QED) is 0.838. The first kappa shape index (κ1) is 17.3. The number of morpholine rings is 1. The summed E-state index contributed by atoms with van der Waals surface area (Å²) < 4.78 is 45.7. The van der Waals surface area contributed by atoms with E-state index in [4.69, 9.17) is 4.74 Å². The van der Waals surface area contributed by atoms with E-state index in [0.717, 1.165) is 65.0 Å². The minimum atomic E-state index is -4.68. The molecule has 1 aromatic rings. The van der Waals surface area contributed by atoms with Gasteiger partial charge < -0.3 is 14.4 Å². The van der Waals surface area contributed by atoms with Crippen LogP contribution in [0.5, 0.6) is 5.75 Å². The summed E-state index contributed by atoms with van der Waals surface area (Å²) >= 11 is 0. The Kier molecular flexibility index (Phi) is 5.45. The summed E-state index contributed by atoms with van der Waals surface area (Å²) in [5.41, 5.74) is 0. The average molecular weight is 345 g/mol. The van der Waals surface area contributed by atoms with Gasteiger partial charge in [-0.05, 0) is 30.9 Å². The van der Waals surface area contributed by atoms with Crippen LogP contribution < -0.4 is 9.64 Å². The standard InChI is InChI=1S/C16H22F3N3O2/c17-16(18,19)24-14-1-2-15(20-11-14)22-5-3-13(4-6-22)12-21-7-9-23-10-8-21/h1-2,11,13H,3-10,12H2. The van der Waals surface area contributed by atoms with Crippen molar-refractivity contribution in [2.45, 2.75) is 19.2 Å². The highest BCUT2D eigenvalue weighted by molar-refractivity contribution is 5.41. The summed E-state index contributed by atoms with van der Waals surface area (Å²) in [7, 11) is 0. The van der Waals surface area contributed by atoms with E-state index in [9.17, 15) is 13.2 Å².